The van der Waals surface area contributed by atoms with Gasteiger partial charge in [0, 0.05) is 24.7 Å². The summed E-state index contributed by atoms with van der Waals surface area (Å²) in [6.45, 7) is 6.88. The fraction of sp³-hybridized carbons (Fsp3) is 0.529. The van der Waals surface area contributed by atoms with Crippen molar-refractivity contribution in [2.24, 2.45) is 5.41 Å². The molecule has 3 nitrogen and oxygen atoms in total. The Balaban J connectivity index is 2.18. The van der Waals surface area contributed by atoms with Crippen LogP contribution in [0.3, 0.4) is 0 Å². The van der Waals surface area contributed by atoms with Crippen molar-refractivity contribution in [1.29, 1.82) is 0 Å². The topological polar surface area (TPSA) is 44.3 Å². The van der Waals surface area contributed by atoms with Crippen molar-refractivity contribution >= 4 is 17.2 Å². The minimum Gasteiger partial charge on any atom is -0.317 e. The lowest BCUT2D eigenvalue weighted by molar-refractivity contribution is 0.168. The Kier molecular flexibility index (Phi) is 5.82. The zero-order valence-corrected chi connectivity index (χ0v) is 13.6. The highest BCUT2D eigenvalue weighted by molar-refractivity contribution is 6.30. The lowest BCUT2D eigenvalue weighted by Gasteiger charge is -2.34. The molecule has 1 aromatic carbocycles. The van der Waals surface area contributed by atoms with Gasteiger partial charge in [-0.3, -0.25) is 0 Å². The predicted molar refractivity (Wildman–Crippen MR) is 88.7 cm³/mol. The second kappa shape index (κ2) is 7.41. The van der Waals surface area contributed by atoms with Crippen LogP contribution in [0, 0.1) is 5.41 Å². The van der Waals surface area contributed by atoms with Crippen molar-refractivity contribution in [2.75, 3.05) is 19.6 Å². The van der Waals surface area contributed by atoms with Gasteiger partial charge in [0.05, 0.1) is 0 Å². The van der Waals surface area contributed by atoms with Crippen LogP contribution in [0.1, 0.15) is 38.7 Å². The molecule has 0 radical (unpaired) electrons. The Morgan fingerprint density at radius 1 is 1.19 bits per heavy atom. The van der Waals surface area contributed by atoms with Gasteiger partial charge in [0.2, 0.25) is 0 Å². The van der Waals surface area contributed by atoms with E-state index in [0.29, 0.717) is 12.0 Å². The number of hydrogen-bond acceptors (Lipinski definition) is 3. The van der Waals surface area contributed by atoms with E-state index in [1.165, 1.54) is 23.1 Å². The van der Waals surface area contributed by atoms with E-state index in [1.807, 2.05) is 12.1 Å². The zero-order chi connectivity index (χ0) is 15.3. The number of allylic oxidation sites excluding steroid dienone is 1. The standard InChI is InChI=1S/C17H25ClN2O/c1-17(2)8-7-14(12-19-9-10-20-21)16(11-17)13-3-5-15(18)6-4-13/h3-6,19-21H,7-12H2,1-2H3. The third-order valence-electron chi connectivity index (χ3n) is 4.13. The predicted octanol–water partition coefficient (Wildman–Crippen LogP) is 3.87. The fourth-order valence-corrected chi connectivity index (χ4v) is 2.99. The molecule has 0 saturated heterocycles. The second-order valence-corrected chi connectivity index (χ2v) is 6.95. The van der Waals surface area contributed by atoms with Crippen molar-refractivity contribution in [3.63, 3.8) is 0 Å². The summed E-state index contributed by atoms with van der Waals surface area (Å²) in [6.07, 6.45) is 3.45. The van der Waals surface area contributed by atoms with E-state index >= 15 is 0 Å². The van der Waals surface area contributed by atoms with Gasteiger partial charge in [-0.25, -0.2) is 5.48 Å². The summed E-state index contributed by atoms with van der Waals surface area (Å²) < 4.78 is 0. The van der Waals surface area contributed by atoms with Crippen LogP contribution in [0.5, 0.6) is 0 Å². The molecule has 116 valence electrons. The molecule has 0 atom stereocenters. The van der Waals surface area contributed by atoms with Crippen LogP contribution in [0.2, 0.25) is 5.02 Å². The van der Waals surface area contributed by atoms with Crippen molar-refractivity contribution in [3.05, 3.63) is 40.4 Å². The molecular formula is C17H25ClN2O. The summed E-state index contributed by atoms with van der Waals surface area (Å²) in [6, 6.07) is 8.17. The van der Waals surface area contributed by atoms with Crippen molar-refractivity contribution in [1.82, 2.24) is 10.8 Å². The van der Waals surface area contributed by atoms with Crippen LogP contribution in [-0.4, -0.2) is 24.8 Å². The summed E-state index contributed by atoms with van der Waals surface area (Å²) in [5.41, 5.74) is 6.74. The molecule has 1 aliphatic carbocycles. The van der Waals surface area contributed by atoms with Crippen molar-refractivity contribution < 1.29 is 5.21 Å². The molecule has 4 heteroatoms. The molecule has 0 aromatic heterocycles. The lowest BCUT2D eigenvalue weighted by Crippen LogP contribution is -2.29. The zero-order valence-electron chi connectivity index (χ0n) is 12.9. The first-order valence-electron chi connectivity index (χ1n) is 7.56. The SMILES string of the molecule is CC1(C)CCC(CNCCNO)=C(c2ccc(Cl)cc2)C1. The molecule has 0 aliphatic heterocycles. The highest BCUT2D eigenvalue weighted by Crippen LogP contribution is 2.42. The van der Waals surface area contributed by atoms with Gasteiger partial charge in [0.1, 0.15) is 0 Å². The van der Waals surface area contributed by atoms with Gasteiger partial charge in [0.15, 0.2) is 0 Å². The van der Waals surface area contributed by atoms with Gasteiger partial charge >= 0.3 is 0 Å². The number of halogens is 1. The van der Waals surface area contributed by atoms with Gasteiger partial charge in [-0.15, -0.1) is 0 Å². The molecule has 0 unspecified atom stereocenters. The third kappa shape index (κ3) is 4.82. The quantitative estimate of drug-likeness (QED) is 0.552. The molecular weight excluding hydrogens is 284 g/mol. The minimum absolute atomic E-state index is 0.352. The van der Waals surface area contributed by atoms with Gasteiger partial charge in [0.25, 0.3) is 0 Å². The van der Waals surface area contributed by atoms with Crippen LogP contribution in [0.4, 0.5) is 0 Å². The summed E-state index contributed by atoms with van der Waals surface area (Å²) >= 11 is 6.00. The number of nitrogens with one attached hydrogen (secondary N) is 2. The Hall–Kier alpha value is -0.870. The Morgan fingerprint density at radius 3 is 2.57 bits per heavy atom. The minimum atomic E-state index is 0.352. The van der Waals surface area contributed by atoms with E-state index in [1.54, 1.807) is 0 Å². The number of hydroxylamine groups is 1. The molecule has 3 N–H and O–H groups in total. The normalized spacial score (nSPS) is 18.1. The van der Waals surface area contributed by atoms with E-state index in [4.69, 9.17) is 16.8 Å². The fourth-order valence-electron chi connectivity index (χ4n) is 2.87. The van der Waals surface area contributed by atoms with Gasteiger partial charge in [-0.2, -0.15) is 0 Å². The molecule has 0 saturated carbocycles. The average Bonchev–Trinajstić information content (AvgIpc) is 2.45. The molecule has 0 bridgehead atoms. The summed E-state index contributed by atoms with van der Waals surface area (Å²) in [4.78, 5) is 0. The smallest absolute Gasteiger partial charge is 0.0406 e. The molecule has 1 aromatic rings. The number of rotatable bonds is 6. The van der Waals surface area contributed by atoms with E-state index < -0.39 is 0 Å². The highest BCUT2D eigenvalue weighted by Gasteiger charge is 2.27. The Morgan fingerprint density at radius 2 is 1.90 bits per heavy atom. The maximum atomic E-state index is 8.61. The van der Waals surface area contributed by atoms with E-state index in [0.717, 1.165) is 31.0 Å². The second-order valence-electron chi connectivity index (χ2n) is 6.51. The largest absolute Gasteiger partial charge is 0.317 e. The first-order chi connectivity index (χ1) is 10.0. The van der Waals surface area contributed by atoms with Crippen LogP contribution in [0.25, 0.3) is 5.57 Å². The van der Waals surface area contributed by atoms with Crippen LogP contribution in [-0.2, 0) is 0 Å². The van der Waals surface area contributed by atoms with Crippen LogP contribution >= 0.6 is 11.6 Å². The van der Waals surface area contributed by atoms with Gasteiger partial charge in [-0.05, 0) is 47.9 Å². The Labute approximate surface area is 132 Å². The first kappa shape index (κ1) is 16.5. The third-order valence-corrected chi connectivity index (χ3v) is 4.38. The van der Waals surface area contributed by atoms with E-state index in [9.17, 15) is 0 Å². The number of benzene rings is 1. The summed E-state index contributed by atoms with van der Waals surface area (Å²) in [7, 11) is 0. The van der Waals surface area contributed by atoms with Gasteiger partial charge in [-0.1, -0.05) is 43.2 Å². The van der Waals surface area contributed by atoms with Crippen molar-refractivity contribution in [2.45, 2.75) is 33.1 Å². The maximum Gasteiger partial charge on any atom is 0.0406 e. The molecule has 0 fully saturated rings. The summed E-state index contributed by atoms with van der Waals surface area (Å²) in [5, 5.41) is 12.8. The molecule has 0 amide bonds. The highest BCUT2D eigenvalue weighted by atomic mass is 35.5. The number of hydrogen-bond donors (Lipinski definition) is 3. The van der Waals surface area contributed by atoms with Crippen molar-refractivity contribution in [3.8, 4) is 0 Å². The monoisotopic (exact) mass is 308 g/mol. The molecule has 1 aliphatic rings. The first-order valence-corrected chi connectivity index (χ1v) is 7.94. The van der Waals surface area contributed by atoms with Crippen LogP contribution in [0.15, 0.2) is 29.8 Å². The molecule has 0 spiro atoms. The van der Waals surface area contributed by atoms with E-state index in [2.05, 4.69) is 36.8 Å². The summed E-state index contributed by atoms with van der Waals surface area (Å²) in [5.74, 6) is 0. The molecule has 2 rings (SSSR count). The van der Waals surface area contributed by atoms with E-state index in [-0.39, 0.29) is 0 Å². The Bertz CT molecular complexity index is 494. The molecule has 21 heavy (non-hydrogen) atoms. The maximum absolute atomic E-state index is 8.61. The molecule has 0 heterocycles. The lowest BCUT2D eigenvalue weighted by atomic mass is 9.72. The average molecular weight is 309 g/mol. The van der Waals surface area contributed by atoms with Crippen LogP contribution < -0.4 is 10.8 Å². The van der Waals surface area contributed by atoms with Gasteiger partial charge < -0.3 is 10.5 Å².